The Morgan fingerprint density at radius 1 is 0.692 bits per heavy atom. The van der Waals surface area contributed by atoms with Crippen molar-refractivity contribution in [2.24, 2.45) is 0 Å². The number of rotatable bonds is 0. The number of hydrogen-bond donors (Lipinski definition) is 0. The molecule has 0 amide bonds. The Morgan fingerprint density at radius 2 is 1.00 bits per heavy atom. The molecule has 0 radical (unpaired) electrons. The Labute approximate surface area is 191 Å². The van der Waals surface area contributed by atoms with Crippen molar-refractivity contribution >= 4 is 31.7 Å². The molecule has 0 nitrogen and oxygen atoms in total. The predicted molar refractivity (Wildman–Crippen MR) is 122 cm³/mol. The van der Waals surface area contributed by atoms with Gasteiger partial charge in [-0.15, -0.1) is 24.8 Å². The molecule has 4 heteroatoms. The van der Waals surface area contributed by atoms with E-state index in [0.29, 0.717) is 0 Å². The normalized spacial score (nSPS) is 12.6. The molecule has 0 saturated carbocycles. The molecule has 26 heavy (non-hydrogen) atoms. The zero-order valence-electron chi connectivity index (χ0n) is 16.6. The first-order chi connectivity index (χ1) is 11.9. The Hall–Kier alpha value is 0.380. The summed E-state index contributed by atoms with van der Waals surface area (Å²) in [7, 11) is 0. The summed E-state index contributed by atoms with van der Waals surface area (Å²) in [6.45, 7) is 12.0. The molecule has 4 rings (SSSR count). The van der Waals surface area contributed by atoms with Crippen molar-refractivity contribution in [1.82, 2.24) is 0 Å². The fourth-order valence-corrected chi connectivity index (χ4v) is 3.23. The van der Waals surface area contributed by atoms with E-state index in [-0.39, 0.29) is 24.8 Å². The van der Waals surface area contributed by atoms with Crippen molar-refractivity contribution < 1.29 is 23.3 Å². The molecular formula is C22H36Cl2SiZr-4. The summed E-state index contributed by atoms with van der Waals surface area (Å²) in [6.07, 6.45) is 10.9. The summed E-state index contributed by atoms with van der Waals surface area (Å²) < 4.78 is 0. The monoisotopic (exact) mass is 488 g/mol. The molecule has 0 heterocycles. The largest absolute Gasteiger partial charge is 0.210 e. The summed E-state index contributed by atoms with van der Waals surface area (Å²) in [5, 5.41) is 0. The van der Waals surface area contributed by atoms with Gasteiger partial charge < -0.3 is 13.8 Å². The van der Waals surface area contributed by atoms with Crippen LogP contribution in [0.3, 0.4) is 0 Å². The molecule has 2 aliphatic rings. The van der Waals surface area contributed by atoms with E-state index in [1.165, 1.54) is 51.4 Å². The van der Waals surface area contributed by atoms with E-state index < -0.39 is 0 Å². The van der Waals surface area contributed by atoms with Gasteiger partial charge in [0, 0.05) is 0 Å². The third-order valence-electron chi connectivity index (χ3n) is 4.30. The van der Waals surface area contributed by atoms with Gasteiger partial charge in [-0.25, -0.2) is 12.1 Å². The molecule has 2 aromatic carbocycles. The maximum atomic E-state index is 3.25. The van der Waals surface area contributed by atoms with Gasteiger partial charge in [0.25, 0.3) is 0 Å². The average molecular weight is 491 g/mol. The number of halogens is 2. The third kappa shape index (κ3) is 11.3. The van der Waals surface area contributed by atoms with E-state index in [0.717, 1.165) is 0 Å². The van der Waals surface area contributed by atoms with E-state index in [1.54, 1.807) is 59.4 Å². The SMILES string of the molecule is Cl.Cl.[CH2-]C.[CH2-]C.[SiH2]=[Zr].c1cc2c([cH-]1)CCCC2.c1cc2c([cH-]1)CCCC2. The maximum Gasteiger partial charge on any atom is -0.0512 e. The molecule has 0 N–H and O–H groups in total. The standard InChI is InChI=1S/2C9H11.2C2H5.2ClH.H2Si.Zr/c2*1-2-5-9-7-3-6-8(9)4-1;2*1-2;;;;/h2*3,6-7H,1-2,4-5H2;2*1H2,2H3;2*1H;1H2;/q4*-1;;;;. The van der Waals surface area contributed by atoms with Crippen LogP contribution in [0.4, 0.5) is 0 Å². The fourth-order valence-electron chi connectivity index (χ4n) is 3.23. The molecule has 0 spiro atoms. The fraction of sp³-hybridized carbons (Fsp3) is 0.455. The van der Waals surface area contributed by atoms with Crippen LogP contribution in [0.15, 0.2) is 36.4 Å². The summed E-state index contributed by atoms with van der Waals surface area (Å²) in [5.41, 5.74) is 6.39. The Kier molecular flexibility index (Phi) is 25.9. The van der Waals surface area contributed by atoms with Gasteiger partial charge in [-0.05, 0) is 0 Å². The van der Waals surface area contributed by atoms with Crippen LogP contribution >= 0.6 is 24.8 Å². The second kappa shape index (κ2) is 21.7. The van der Waals surface area contributed by atoms with Crippen LogP contribution in [0.1, 0.15) is 61.8 Å². The maximum absolute atomic E-state index is 3.25. The molecule has 0 aromatic heterocycles. The number of hydrogen-bond acceptors (Lipinski definition) is 0. The molecule has 0 atom stereocenters. The van der Waals surface area contributed by atoms with Crippen LogP contribution in [-0.2, 0) is 49.0 Å². The van der Waals surface area contributed by atoms with Gasteiger partial charge in [0.15, 0.2) is 0 Å². The van der Waals surface area contributed by atoms with Crippen molar-refractivity contribution in [3.05, 3.63) is 72.5 Å². The summed E-state index contributed by atoms with van der Waals surface area (Å²) in [4.78, 5) is 0. The average Bonchev–Trinajstić information content (AvgIpc) is 3.36. The zero-order chi connectivity index (χ0) is 18.2. The van der Waals surface area contributed by atoms with Crippen molar-refractivity contribution in [2.45, 2.75) is 65.2 Å². The van der Waals surface area contributed by atoms with Crippen molar-refractivity contribution in [2.75, 3.05) is 0 Å². The van der Waals surface area contributed by atoms with Crippen molar-refractivity contribution in [1.29, 1.82) is 0 Å². The topological polar surface area (TPSA) is 0 Å². The molecule has 0 unspecified atom stereocenters. The Balaban J connectivity index is -0.000000299. The molecule has 150 valence electrons. The quantitative estimate of drug-likeness (QED) is 0.306. The first-order valence-corrected chi connectivity index (χ1v) is 15.1. The predicted octanol–water partition coefficient (Wildman–Crippen LogP) is 6.17. The molecule has 2 aromatic rings. The summed E-state index contributed by atoms with van der Waals surface area (Å²) >= 11 is 1.58. The summed E-state index contributed by atoms with van der Waals surface area (Å²) in [6, 6.07) is 13.4. The van der Waals surface area contributed by atoms with Crippen molar-refractivity contribution in [3.63, 3.8) is 0 Å². The minimum absolute atomic E-state index is 0. The van der Waals surface area contributed by atoms with Gasteiger partial charge >= 0.3 is 30.2 Å². The van der Waals surface area contributed by atoms with Gasteiger partial charge in [-0.1, -0.05) is 51.4 Å². The second-order valence-corrected chi connectivity index (χ2v) is 5.57. The van der Waals surface area contributed by atoms with E-state index in [1.807, 2.05) is 6.88 Å². The first kappa shape index (κ1) is 31.1. The van der Waals surface area contributed by atoms with Gasteiger partial charge in [0.05, 0.1) is 0 Å². The van der Waals surface area contributed by atoms with E-state index >= 15 is 0 Å². The number of fused-ring (bicyclic) bond motifs is 2. The number of aryl methyl sites for hydroxylation is 4. The van der Waals surface area contributed by atoms with Crippen LogP contribution in [0.2, 0.25) is 0 Å². The molecule has 0 fully saturated rings. The summed E-state index contributed by atoms with van der Waals surface area (Å²) in [5.74, 6) is 0. The van der Waals surface area contributed by atoms with Crippen LogP contribution in [0.5, 0.6) is 0 Å². The zero-order valence-corrected chi connectivity index (χ0v) is 22.1. The Morgan fingerprint density at radius 3 is 1.31 bits per heavy atom. The van der Waals surface area contributed by atoms with E-state index in [9.17, 15) is 0 Å². The molecule has 0 aliphatic heterocycles. The van der Waals surface area contributed by atoms with Crippen LogP contribution in [-0.4, -0.2) is 6.88 Å². The van der Waals surface area contributed by atoms with Crippen LogP contribution in [0.25, 0.3) is 0 Å². The van der Waals surface area contributed by atoms with Gasteiger partial charge in [0.2, 0.25) is 0 Å². The smallest absolute Gasteiger partial charge is 0.0512 e. The van der Waals surface area contributed by atoms with Crippen LogP contribution in [0, 0.1) is 13.8 Å². The van der Waals surface area contributed by atoms with Gasteiger partial charge in [0.1, 0.15) is 0 Å². The minimum Gasteiger partial charge on any atom is -0.210 e. The van der Waals surface area contributed by atoms with Gasteiger partial charge in [-0.3, -0.25) is 0 Å². The first-order valence-electron chi connectivity index (χ1n) is 9.17. The second-order valence-electron chi connectivity index (χ2n) is 5.57. The molecular weight excluding hydrogens is 454 g/mol. The van der Waals surface area contributed by atoms with Gasteiger partial charge in [-0.2, -0.15) is 60.4 Å². The van der Waals surface area contributed by atoms with E-state index in [4.69, 9.17) is 0 Å². The van der Waals surface area contributed by atoms with Crippen LogP contribution < -0.4 is 0 Å². The van der Waals surface area contributed by atoms with E-state index in [2.05, 4.69) is 50.2 Å². The van der Waals surface area contributed by atoms with Crippen molar-refractivity contribution in [3.8, 4) is 0 Å². The molecule has 2 aliphatic carbocycles. The molecule has 0 bridgehead atoms. The molecule has 0 saturated heterocycles. The Bertz CT molecular complexity index is 432. The minimum atomic E-state index is 0. The third-order valence-corrected chi connectivity index (χ3v) is 4.30.